The van der Waals surface area contributed by atoms with E-state index < -0.39 is 0 Å². The summed E-state index contributed by atoms with van der Waals surface area (Å²) in [5.74, 6) is 0. The summed E-state index contributed by atoms with van der Waals surface area (Å²) in [7, 11) is 0. The first-order valence-electron chi connectivity index (χ1n) is 11.5. The first-order chi connectivity index (χ1) is 13.9. The Balaban J connectivity index is 4.70. The van der Waals surface area contributed by atoms with E-state index in [0.717, 1.165) is 32.1 Å². The van der Waals surface area contributed by atoms with Gasteiger partial charge in [0.15, 0.2) is 0 Å². The van der Waals surface area contributed by atoms with Gasteiger partial charge in [-0.1, -0.05) is 34.6 Å². The maximum Gasteiger partial charge on any atom is 0.0806 e. The van der Waals surface area contributed by atoms with Crippen molar-refractivity contribution in [1.29, 1.82) is 0 Å². The quantitative estimate of drug-likeness (QED) is 0.278. The molecule has 0 aliphatic heterocycles. The van der Waals surface area contributed by atoms with Crippen LogP contribution in [0.25, 0.3) is 0 Å². The summed E-state index contributed by atoms with van der Waals surface area (Å²) in [5, 5.41) is 0. The van der Waals surface area contributed by atoms with Gasteiger partial charge in [-0.25, -0.2) is 0 Å². The van der Waals surface area contributed by atoms with E-state index in [1.807, 2.05) is 0 Å². The third kappa shape index (κ3) is 13.6. The zero-order chi connectivity index (χ0) is 22.1. The molecule has 0 spiro atoms. The van der Waals surface area contributed by atoms with Gasteiger partial charge in [0.2, 0.25) is 0 Å². The molecule has 4 atom stereocenters. The summed E-state index contributed by atoms with van der Waals surface area (Å²) in [6.07, 6.45) is 4.52. The van der Waals surface area contributed by atoms with Crippen LogP contribution in [-0.4, -0.2) is 70.5 Å². The molecule has 29 heavy (non-hydrogen) atoms. The van der Waals surface area contributed by atoms with Crippen LogP contribution in [0.1, 0.15) is 66.7 Å². The summed E-state index contributed by atoms with van der Waals surface area (Å²) in [6.45, 7) is 14.3. The van der Waals surface area contributed by atoms with Gasteiger partial charge in [0.05, 0.1) is 52.4 Å². The molecule has 0 aromatic heterocycles. The Morgan fingerprint density at radius 3 is 1.38 bits per heavy atom. The standard InChI is InChI=1S/C22H49N3O4/c1-6-18(23)11-26-15-22(10-5,16-27-12-19(24)7-2)17-28-14-21(9-4)29-13-20(25)8-3/h18-21H,6-17,23-25H2,1-5H3. The van der Waals surface area contributed by atoms with Crippen LogP contribution >= 0.6 is 0 Å². The fourth-order valence-corrected chi connectivity index (χ4v) is 2.59. The van der Waals surface area contributed by atoms with Crippen molar-refractivity contribution in [3.63, 3.8) is 0 Å². The number of hydrogen-bond donors (Lipinski definition) is 3. The highest BCUT2D eigenvalue weighted by molar-refractivity contribution is 4.79. The Bertz CT molecular complexity index is 358. The van der Waals surface area contributed by atoms with E-state index in [0.29, 0.717) is 46.2 Å². The molecule has 0 aliphatic carbocycles. The largest absolute Gasteiger partial charge is 0.379 e. The molecule has 4 unspecified atom stereocenters. The van der Waals surface area contributed by atoms with Crippen molar-refractivity contribution in [1.82, 2.24) is 0 Å². The van der Waals surface area contributed by atoms with E-state index in [2.05, 4.69) is 34.6 Å². The minimum absolute atomic E-state index is 0.0472. The summed E-state index contributed by atoms with van der Waals surface area (Å²) in [4.78, 5) is 0. The van der Waals surface area contributed by atoms with Crippen molar-refractivity contribution in [2.45, 2.75) is 91.0 Å². The molecule has 0 aliphatic rings. The molecule has 0 heterocycles. The highest BCUT2D eigenvalue weighted by atomic mass is 16.5. The predicted molar refractivity (Wildman–Crippen MR) is 120 cm³/mol. The fourth-order valence-electron chi connectivity index (χ4n) is 2.59. The number of nitrogens with two attached hydrogens (primary N) is 3. The maximum atomic E-state index is 6.09. The lowest BCUT2D eigenvalue weighted by Gasteiger charge is -2.33. The summed E-state index contributed by atoms with van der Waals surface area (Å²) in [6, 6.07) is 0.187. The molecular formula is C22H49N3O4. The topological polar surface area (TPSA) is 115 Å². The zero-order valence-electron chi connectivity index (χ0n) is 19.7. The zero-order valence-corrected chi connectivity index (χ0v) is 19.7. The molecule has 6 N–H and O–H groups in total. The first-order valence-corrected chi connectivity index (χ1v) is 11.5. The third-order valence-corrected chi connectivity index (χ3v) is 5.52. The number of ether oxygens (including phenoxy) is 4. The molecular weight excluding hydrogens is 370 g/mol. The molecule has 0 fully saturated rings. The minimum Gasteiger partial charge on any atom is -0.379 e. The Morgan fingerprint density at radius 1 is 0.586 bits per heavy atom. The van der Waals surface area contributed by atoms with Crippen molar-refractivity contribution in [3.05, 3.63) is 0 Å². The SMILES string of the molecule is CCC(N)COCC(CC)(COCC(N)CC)COCC(CC)OCC(N)CC. The van der Waals surface area contributed by atoms with Gasteiger partial charge >= 0.3 is 0 Å². The first kappa shape index (κ1) is 28.7. The summed E-state index contributed by atoms with van der Waals surface area (Å²) >= 11 is 0. The van der Waals surface area contributed by atoms with Crippen LogP contribution in [-0.2, 0) is 18.9 Å². The van der Waals surface area contributed by atoms with Crippen LogP contribution in [0.4, 0.5) is 0 Å². The van der Waals surface area contributed by atoms with Crippen molar-refractivity contribution < 1.29 is 18.9 Å². The molecule has 0 bridgehead atoms. The second-order valence-electron chi connectivity index (χ2n) is 8.27. The normalized spacial score (nSPS) is 18.2. The van der Waals surface area contributed by atoms with E-state index in [4.69, 9.17) is 36.1 Å². The van der Waals surface area contributed by atoms with Gasteiger partial charge in [0.25, 0.3) is 0 Å². The van der Waals surface area contributed by atoms with Gasteiger partial charge in [0, 0.05) is 23.5 Å². The molecule has 0 amide bonds. The average molecular weight is 420 g/mol. The highest BCUT2D eigenvalue weighted by Crippen LogP contribution is 2.24. The maximum absolute atomic E-state index is 6.09. The highest BCUT2D eigenvalue weighted by Gasteiger charge is 2.30. The van der Waals surface area contributed by atoms with Gasteiger partial charge in [-0.05, 0) is 32.1 Å². The van der Waals surface area contributed by atoms with Crippen molar-refractivity contribution >= 4 is 0 Å². The van der Waals surface area contributed by atoms with E-state index in [1.165, 1.54) is 0 Å². The van der Waals surface area contributed by atoms with Gasteiger partial charge < -0.3 is 36.1 Å². The van der Waals surface area contributed by atoms with Crippen LogP contribution in [0, 0.1) is 5.41 Å². The second-order valence-corrected chi connectivity index (χ2v) is 8.27. The molecule has 0 saturated heterocycles. The summed E-state index contributed by atoms with van der Waals surface area (Å²) in [5.41, 5.74) is 17.7. The molecule has 0 radical (unpaired) electrons. The molecule has 0 aromatic rings. The van der Waals surface area contributed by atoms with E-state index >= 15 is 0 Å². The van der Waals surface area contributed by atoms with Crippen LogP contribution in [0.5, 0.6) is 0 Å². The lowest BCUT2D eigenvalue weighted by Crippen LogP contribution is -2.40. The van der Waals surface area contributed by atoms with Gasteiger partial charge in [-0.3, -0.25) is 0 Å². The van der Waals surface area contributed by atoms with Gasteiger partial charge in [-0.2, -0.15) is 0 Å². The van der Waals surface area contributed by atoms with Crippen LogP contribution in [0.3, 0.4) is 0 Å². The average Bonchev–Trinajstić information content (AvgIpc) is 2.74. The van der Waals surface area contributed by atoms with E-state index in [1.54, 1.807) is 0 Å². The molecule has 0 aromatic carbocycles. The molecule has 0 rings (SSSR count). The smallest absolute Gasteiger partial charge is 0.0806 e. The van der Waals surface area contributed by atoms with Gasteiger partial charge in [-0.15, -0.1) is 0 Å². The van der Waals surface area contributed by atoms with Gasteiger partial charge in [0.1, 0.15) is 0 Å². The van der Waals surface area contributed by atoms with E-state index in [9.17, 15) is 0 Å². The Labute approximate surface area is 179 Å². The fraction of sp³-hybridized carbons (Fsp3) is 1.00. The molecule has 7 nitrogen and oxygen atoms in total. The monoisotopic (exact) mass is 419 g/mol. The molecule has 7 heteroatoms. The molecule has 0 saturated carbocycles. The van der Waals surface area contributed by atoms with Crippen LogP contribution in [0.2, 0.25) is 0 Å². The van der Waals surface area contributed by atoms with Crippen molar-refractivity contribution in [2.24, 2.45) is 22.6 Å². The summed E-state index contributed by atoms with van der Waals surface area (Å²) < 4.78 is 23.9. The van der Waals surface area contributed by atoms with Crippen molar-refractivity contribution in [2.75, 3.05) is 46.2 Å². The second kappa shape index (κ2) is 17.4. The Morgan fingerprint density at radius 2 is 1.00 bits per heavy atom. The van der Waals surface area contributed by atoms with Crippen LogP contribution < -0.4 is 17.2 Å². The minimum atomic E-state index is -0.223. The number of hydrogen-bond acceptors (Lipinski definition) is 7. The lowest BCUT2D eigenvalue weighted by atomic mass is 9.88. The number of rotatable bonds is 20. The Hall–Kier alpha value is -0.280. The van der Waals surface area contributed by atoms with Crippen molar-refractivity contribution in [3.8, 4) is 0 Å². The predicted octanol–water partition coefficient (Wildman–Crippen LogP) is 2.44. The third-order valence-electron chi connectivity index (χ3n) is 5.52. The Kier molecular flexibility index (Phi) is 17.2. The van der Waals surface area contributed by atoms with E-state index in [-0.39, 0.29) is 29.6 Å². The van der Waals surface area contributed by atoms with Crippen LogP contribution in [0.15, 0.2) is 0 Å². The molecule has 176 valence electrons. The lowest BCUT2D eigenvalue weighted by molar-refractivity contribution is -0.0945.